The van der Waals surface area contributed by atoms with Gasteiger partial charge in [-0.1, -0.05) is 60.2 Å². The van der Waals surface area contributed by atoms with Gasteiger partial charge in [0.2, 0.25) is 5.91 Å². The molecule has 0 aliphatic heterocycles. The first-order valence-corrected chi connectivity index (χ1v) is 10.8. The second kappa shape index (κ2) is 10.1. The maximum absolute atomic E-state index is 13.2. The van der Waals surface area contributed by atoms with Crippen LogP contribution in [0.3, 0.4) is 0 Å². The summed E-state index contributed by atoms with van der Waals surface area (Å²) < 4.78 is 1.96. The minimum absolute atomic E-state index is 0.0775. The standard InChI is InChI=1S/C27H28N4O/c1-20-8-10-22(11-9-20)16-17-28-26(23-6-4-3-5-7-23)27(32)30-24-12-14-25(15-13-24)31-18-21(2)29-19-31/h3-15,18-19,26,28H,16-17H2,1-2H3,(H,30,32)/t26-/m0/s1. The van der Waals surface area contributed by atoms with Crippen LogP contribution in [-0.4, -0.2) is 22.0 Å². The molecule has 5 nitrogen and oxygen atoms in total. The summed E-state index contributed by atoms with van der Waals surface area (Å²) in [6.45, 7) is 4.75. The largest absolute Gasteiger partial charge is 0.324 e. The van der Waals surface area contributed by atoms with Crippen molar-refractivity contribution in [2.45, 2.75) is 26.3 Å². The topological polar surface area (TPSA) is 59.0 Å². The van der Waals surface area contributed by atoms with Gasteiger partial charge in [-0.05, 0) is 55.7 Å². The summed E-state index contributed by atoms with van der Waals surface area (Å²) in [4.78, 5) is 17.4. The lowest BCUT2D eigenvalue weighted by Gasteiger charge is -2.19. The molecule has 0 saturated heterocycles. The Labute approximate surface area is 189 Å². The van der Waals surface area contributed by atoms with Crippen LogP contribution >= 0.6 is 0 Å². The Balaban J connectivity index is 1.43. The lowest BCUT2D eigenvalue weighted by Crippen LogP contribution is -2.34. The van der Waals surface area contributed by atoms with E-state index in [9.17, 15) is 4.79 Å². The van der Waals surface area contributed by atoms with Crippen molar-refractivity contribution in [1.82, 2.24) is 14.9 Å². The van der Waals surface area contributed by atoms with E-state index in [1.54, 1.807) is 6.33 Å². The third-order valence-corrected chi connectivity index (χ3v) is 5.42. The van der Waals surface area contributed by atoms with Gasteiger partial charge in [0.1, 0.15) is 6.04 Å². The zero-order valence-electron chi connectivity index (χ0n) is 18.5. The normalized spacial score (nSPS) is 11.8. The zero-order chi connectivity index (χ0) is 22.3. The van der Waals surface area contributed by atoms with Crippen LogP contribution in [0.1, 0.15) is 28.4 Å². The molecule has 1 aromatic heterocycles. The number of imidazole rings is 1. The Morgan fingerprint density at radius 3 is 2.31 bits per heavy atom. The summed E-state index contributed by atoms with van der Waals surface area (Å²) in [7, 11) is 0. The van der Waals surface area contributed by atoms with E-state index >= 15 is 0 Å². The van der Waals surface area contributed by atoms with Gasteiger partial charge < -0.3 is 15.2 Å². The molecule has 0 bridgehead atoms. The number of hydrogen-bond acceptors (Lipinski definition) is 3. The molecule has 2 N–H and O–H groups in total. The van der Waals surface area contributed by atoms with E-state index in [0.717, 1.165) is 29.1 Å². The van der Waals surface area contributed by atoms with Crippen LogP contribution in [0.4, 0.5) is 5.69 Å². The predicted octanol–water partition coefficient (Wildman–Crippen LogP) is 5.00. The molecule has 0 unspecified atom stereocenters. The van der Waals surface area contributed by atoms with Crippen LogP contribution in [0.5, 0.6) is 0 Å². The van der Waals surface area contributed by atoms with Crippen LogP contribution in [0.15, 0.2) is 91.4 Å². The second-order valence-electron chi connectivity index (χ2n) is 7.99. The van der Waals surface area contributed by atoms with Crippen molar-refractivity contribution in [3.8, 4) is 5.69 Å². The van der Waals surface area contributed by atoms with Crippen molar-refractivity contribution in [2.75, 3.05) is 11.9 Å². The van der Waals surface area contributed by atoms with Gasteiger partial charge in [0, 0.05) is 24.1 Å². The fourth-order valence-electron chi connectivity index (χ4n) is 3.62. The fourth-order valence-corrected chi connectivity index (χ4v) is 3.62. The maximum atomic E-state index is 13.2. The first-order chi connectivity index (χ1) is 15.6. The molecule has 1 heterocycles. The third-order valence-electron chi connectivity index (χ3n) is 5.42. The molecule has 0 aliphatic rings. The summed E-state index contributed by atoms with van der Waals surface area (Å²) in [6, 6.07) is 25.7. The van der Waals surface area contributed by atoms with Crippen molar-refractivity contribution in [2.24, 2.45) is 0 Å². The quantitative estimate of drug-likeness (QED) is 0.418. The lowest BCUT2D eigenvalue weighted by atomic mass is 10.0. The molecule has 0 spiro atoms. The number of rotatable bonds is 8. The third kappa shape index (κ3) is 5.50. The fraction of sp³-hybridized carbons (Fsp3) is 0.185. The monoisotopic (exact) mass is 424 g/mol. The maximum Gasteiger partial charge on any atom is 0.246 e. The van der Waals surface area contributed by atoms with Gasteiger partial charge in [-0.3, -0.25) is 4.79 Å². The van der Waals surface area contributed by atoms with Crippen molar-refractivity contribution in [1.29, 1.82) is 0 Å². The first-order valence-electron chi connectivity index (χ1n) is 10.8. The summed E-state index contributed by atoms with van der Waals surface area (Å²) in [5.41, 5.74) is 6.17. The lowest BCUT2D eigenvalue weighted by molar-refractivity contribution is -0.118. The van der Waals surface area contributed by atoms with Gasteiger partial charge in [0.25, 0.3) is 0 Å². The highest BCUT2D eigenvalue weighted by molar-refractivity contribution is 5.95. The highest BCUT2D eigenvalue weighted by Gasteiger charge is 2.20. The Morgan fingerprint density at radius 1 is 0.938 bits per heavy atom. The highest BCUT2D eigenvalue weighted by Crippen LogP contribution is 2.18. The smallest absolute Gasteiger partial charge is 0.246 e. The molecule has 0 radical (unpaired) electrons. The van der Waals surface area contributed by atoms with Crippen molar-refractivity contribution in [3.63, 3.8) is 0 Å². The molecule has 1 amide bonds. The number of aromatic nitrogens is 2. The minimum Gasteiger partial charge on any atom is -0.324 e. The molecule has 0 saturated carbocycles. The van der Waals surface area contributed by atoms with Gasteiger partial charge in [-0.15, -0.1) is 0 Å². The summed E-state index contributed by atoms with van der Waals surface area (Å²) in [5.74, 6) is -0.0775. The van der Waals surface area contributed by atoms with Crippen LogP contribution in [0.2, 0.25) is 0 Å². The molecule has 32 heavy (non-hydrogen) atoms. The van der Waals surface area contributed by atoms with E-state index in [0.29, 0.717) is 6.54 Å². The molecule has 5 heteroatoms. The van der Waals surface area contributed by atoms with E-state index in [2.05, 4.69) is 46.8 Å². The predicted molar refractivity (Wildman–Crippen MR) is 129 cm³/mol. The number of aryl methyl sites for hydroxylation is 2. The van der Waals surface area contributed by atoms with Crippen LogP contribution in [0.25, 0.3) is 5.69 Å². The Bertz CT molecular complexity index is 1150. The minimum atomic E-state index is -0.433. The molecule has 162 valence electrons. The van der Waals surface area contributed by atoms with E-state index in [4.69, 9.17) is 0 Å². The molecule has 3 aromatic carbocycles. The Morgan fingerprint density at radius 2 is 1.66 bits per heavy atom. The van der Waals surface area contributed by atoms with Gasteiger partial charge in [-0.25, -0.2) is 4.98 Å². The van der Waals surface area contributed by atoms with Crippen molar-refractivity contribution in [3.05, 3.63) is 114 Å². The van der Waals surface area contributed by atoms with Crippen LogP contribution < -0.4 is 10.6 Å². The van der Waals surface area contributed by atoms with E-state index in [-0.39, 0.29) is 5.91 Å². The van der Waals surface area contributed by atoms with Crippen LogP contribution in [0, 0.1) is 13.8 Å². The zero-order valence-corrected chi connectivity index (χ0v) is 18.5. The number of benzene rings is 3. The Kier molecular flexibility index (Phi) is 6.78. The van der Waals surface area contributed by atoms with E-state index < -0.39 is 6.04 Å². The number of nitrogens with one attached hydrogen (secondary N) is 2. The SMILES string of the molecule is Cc1ccc(CCN[C@H](C(=O)Nc2ccc(-n3cnc(C)c3)cc2)c2ccccc2)cc1. The van der Waals surface area contributed by atoms with Gasteiger partial charge in [-0.2, -0.15) is 0 Å². The number of hydrogen-bond donors (Lipinski definition) is 2. The van der Waals surface area contributed by atoms with Crippen LogP contribution in [-0.2, 0) is 11.2 Å². The molecule has 4 rings (SSSR count). The van der Waals surface area contributed by atoms with Crippen molar-refractivity contribution < 1.29 is 4.79 Å². The second-order valence-corrected chi connectivity index (χ2v) is 7.99. The van der Waals surface area contributed by atoms with Gasteiger partial charge in [0.15, 0.2) is 0 Å². The average Bonchev–Trinajstić information content (AvgIpc) is 3.25. The van der Waals surface area contributed by atoms with Gasteiger partial charge >= 0.3 is 0 Å². The molecular weight excluding hydrogens is 396 g/mol. The molecule has 0 fully saturated rings. The number of anilines is 1. The Hall–Kier alpha value is -3.70. The van der Waals surface area contributed by atoms with Gasteiger partial charge in [0.05, 0.1) is 12.0 Å². The molecular formula is C27H28N4O. The summed E-state index contributed by atoms with van der Waals surface area (Å²) in [6.07, 6.45) is 4.61. The number of carbonyl (C=O) groups excluding carboxylic acids is 1. The highest BCUT2D eigenvalue weighted by atomic mass is 16.2. The number of amides is 1. The summed E-state index contributed by atoms with van der Waals surface area (Å²) >= 11 is 0. The molecule has 0 aliphatic carbocycles. The van der Waals surface area contributed by atoms with Crippen molar-refractivity contribution >= 4 is 11.6 Å². The van der Waals surface area contributed by atoms with E-state index in [1.165, 1.54) is 11.1 Å². The number of carbonyl (C=O) groups is 1. The first kappa shape index (κ1) is 21.5. The molecule has 1 atom stereocenters. The van der Waals surface area contributed by atoms with E-state index in [1.807, 2.05) is 72.3 Å². The molecule has 4 aromatic rings. The number of nitrogens with zero attached hydrogens (tertiary/aromatic N) is 2. The summed E-state index contributed by atoms with van der Waals surface area (Å²) in [5, 5.41) is 6.49. The average molecular weight is 425 g/mol.